The average Bonchev–Trinajstić information content (AvgIpc) is 1.67. The lowest BCUT2D eigenvalue weighted by molar-refractivity contribution is -0.142. The first-order valence-electron chi connectivity index (χ1n) is 34.1. The summed E-state index contributed by atoms with van der Waals surface area (Å²) in [6.07, 6.45) is 0. The predicted molar refractivity (Wildman–Crippen MR) is 409 cm³/mol. The number of phenolic OH excluding ortho intramolecular Hbond substituents is 4. The van der Waals surface area contributed by atoms with E-state index in [0.717, 1.165) is 0 Å². The number of ether oxygens (including phenoxy) is 16. The minimum atomic E-state index is -1.20. The molecule has 8 rings (SSSR count). The van der Waals surface area contributed by atoms with E-state index in [1.807, 2.05) is 0 Å². The zero-order valence-corrected chi connectivity index (χ0v) is 65.2. The van der Waals surface area contributed by atoms with E-state index < -0.39 is 46.0 Å². The number of aromatic hydroxyl groups is 4. The van der Waals surface area contributed by atoms with E-state index in [2.05, 4.69) is 20.0 Å². The summed E-state index contributed by atoms with van der Waals surface area (Å²) >= 11 is 5.18. The highest BCUT2D eigenvalue weighted by atomic mass is 32.2. The zero-order valence-electron chi connectivity index (χ0n) is 61.9. The van der Waals surface area contributed by atoms with Crippen molar-refractivity contribution < 1.29 is 136 Å². The summed E-state index contributed by atoms with van der Waals surface area (Å²) in [4.78, 5) is 62.5. The van der Waals surface area contributed by atoms with Crippen LogP contribution in [-0.2, 0) is 76.0 Å². The number of thioether (sulfide) groups is 4. The third kappa shape index (κ3) is 30.9. The summed E-state index contributed by atoms with van der Waals surface area (Å²) in [7, 11) is 6.47. The van der Waals surface area contributed by atoms with Gasteiger partial charge in [-0.2, -0.15) is 0 Å². The van der Waals surface area contributed by atoms with Gasteiger partial charge >= 0.3 is 23.9 Å². The van der Waals surface area contributed by atoms with E-state index in [1.165, 1.54) is 71.3 Å². The first-order chi connectivity index (χ1) is 51.9. The van der Waals surface area contributed by atoms with Crippen LogP contribution in [0.3, 0.4) is 0 Å². The summed E-state index contributed by atoms with van der Waals surface area (Å²) in [6.45, 7) is 17.1. The molecule has 0 bridgehead atoms. The van der Waals surface area contributed by atoms with E-state index >= 15 is 0 Å². The second-order valence-corrected chi connectivity index (χ2v) is 27.9. The van der Waals surface area contributed by atoms with Crippen LogP contribution in [0.5, 0.6) is 46.0 Å². The van der Waals surface area contributed by atoms with Gasteiger partial charge in [0.25, 0.3) is 0 Å². The van der Waals surface area contributed by atoms with Gasteiger partial charge in [-0.25, -0.2) is 19.2 Å². The molecule has 8 N–H and O–H groups in total. The number of phenols is 4. The van der Waals surface area contributed by atoms with E-state index in [-0.39, 0.29) is 36.2 Å². The molecule has 0 spiro atoms. The molecule has 4 heterocycles. The number of benzene rings is 4. The molecule has 600 valence electrons. The van der Waals surface area contributed by atoms with Crippen LogP contribution in [0.25, 0.3) is 0 Å². The number of hydrogen-bond donors (Lipinski definition) is 8. The molecule has 0 aliphatic carbocycles. The number of carboxylic acid groups (broad SMARTS) is 4. The monoisotopic (exact) mass is 1600 g/mol. The second kappa shape index (κ2) is 49.1. The SMILES string of the molecule is COCCOCCOCCOc1ccc(O)c(C2=N[C@@](C)(C(=O)O)CS2)c1.COCCOCCOCCOc1ccc(O)c(C2=N[C@@](C)(C(=O)O)CS2)c1.COCCOCCOCCOc1cccc(O)c1C1=N[C@@](C)(C(=O)O)CS1.COCCOCCOCCOc1cccc(O)c1C1=N[C@@](C)(C(=O)O)CS1. The van der Waals surface area contributed by atoms with Crippen molar-refractivity contribution in [2.24, 2.45) is 20.0 Å². The van der Waals surface area contributed by atoms with Crippen LogP contribution >= 0.6 is 47.0 Å². The van der Waals surface area contributed by atoms with Crippen LogP contribution in [-0.4, -0.2) is 317 Å². The lowest BCUT2D eigenvalue weighted by Crippen LogP contribution is -2.33. The Bertz CT molecular complexity index is 3350. The highest BCUT2D eigenvalue weighted by Gasteiger charge is 2.43. The Kier molecular flexibility index (Phi) is 41.5. The number of carbonyl (C=O) groups is 4. The van der Waals surface area contributed by atoms with Crippen molar-refractivity contribution in [2.45, 2.75) is 49.9 Å². The van der Waals surface area contributed by atoms with Crippen molar-refractivity contribution in [3.8, 4) is 46.0 Å². The summed E-state index contributed by atoms with van der Waals surface area (Å²) in [6, 6.07) is 19.4. The lowest BCUT2D eigenvalue weighted by atomic mass is 10.1. The lowest BCUT2D eigenvalue weighted by Gasteiger charge is -2.13. The Balaban J connectivity index is 0.000000258. The van der Waals surface area contributed by atoms with Gasteiger partial charge in [-0.3, -0.25) is 20.0 Å². The molecular weight excluding hydrogens is 1500 g/mol. The Morgan fingerprint density at radius 1 is 0.324 bits per heavy atom. The fraction of sp³-hybridized carbons (Fsp3) is 0.556. The van der Waals surface area contributed by atoms with E-state index in [9.17, 15) is 60.0 Å². The summed E-state index contributed by atoms with van der Waals surface area (Å²) in [5.74, 6) is -0.660. The number of aliphatic imine (C=N–C) groups is 4. The van der Waals surface area contributed by atoms with Crippen LogP contribution in [0.1, 0.15) is 49.9 Å². The average molecular weight is 1600 g/mol. The molecule has 0 radical (unpaired) electrons. The van der Waals surface area contributed by atoms with Crippen LogP contribution < -0.4 is 18.9 Å². The standard InChI is InChI=1S/4C18H25NO7S/c2*1-18(17(21)22)12-27-16(19-18)14-11-13(3-4-15(14)20)26-10-9-25-8-7-24-6-5-23-2;2*1-18(17(21)22)12-27-16(19-18)15-13(20)4-3-5-14(15)26-11-10-25-9-8-24-7-6-23-2/h2*3-4,11,20H,5-10,12H2,1-2H3,(H,21,22);2*3-5,20H,6-12H2,1-2H3,(H,21,22)/t4*18-/m1111/s1. The number of nitrogens with zero attached hydrogens (tertiary/aromatic N) is 4. The van der Waals surface area contributed by atoms with Gasteiger partial charge in [0.2, 0.25) is 0 Å². The van der Waals surface area contributed by atoms with Gasteiger partial charge in [0.15, 0.2) is 22.2 Å². The van der Waals surface area contributed by atoms with Crippen molar-refractivity contribution >= 4 is 91.1 Å². The maximum absolute atomic E-state index is 11.4. The molecule has 32 nitrogen and oxygen atoms in total. The Morgan fingerprint density at radius 3 is 0.824 bits per heavy atom. The first kappa shape index (κ1) is 91.4. The minimum absolute atomic E-state index is 0.000787. The van der Waals surface area contributed by atoms with Crippen molar-refractivity contribution in [3.63, 3.8) is 0 Å². The third-order valence-corrected chi connectivity index (χ3v) is 20.3. The van der Waals surface area contributed by atoms with Crippen molar-refractivity contribution in [2.75, 3.05) is 210 Å². The highest BCUT2D eigenvalue weighted by Crippen LogP contribution is 2.42. The third-order valence-electron chi connectivity index (χ3n) is 15.2. The van der Waals surface area contributed by atoms with Gasteiger partial charge in [0.05, 0.1) is 154 Å². The van der Waals surface area contributed by atoms with Gasteiger partial charge in [-0.1, -0.05) is 12.1 Å². The van der Waals surface area contributed by atoms with Gasteiger partial charge in [-0.15, -0.1) is 47.0 Å². The number of hydrogen-bond acceptors (Lipinski definition) is 32. The Labute approximate surface area is 644 Å². The molecule has 36 heteroatoms. The van der Waals surface area contributed by atoms with Crippen LogP contribution in [0.4, 0.5) is 0 Å². The number of aliphatic carboxylic acids is 4. The topological polar surface area (TPSA) is 427 Å². The summed E-state index contributed by atoms with van der Waals surface area (Å²) in [5, 5.41) is 79.7. The predicted octanol–water partition coefficient (Wildman–Crippen LogP) is 7.15. The Morgan fingerprint density at radius 2 is 0.565 bits per heavy atom. The summed E-state index contributed by atoms with van der Waals surface area (Å²) < 4.78 is 85.0. The summed E-state index contributed by atoms with van der Waals surface area (Å²) in [5.41, 5.74) is -3.00. The molecule has 4 aromatic rings. The van der Waals surface area contributed by atoms with E-state index in [1.54, 1.807) is 105 Å². The van der Waals surface area contributed by atoms with Crippen molar-refractivity contribution in [1.82, 2.24) is 0 Å². The maximum Gasteiger partial charge on any atom is 0.332 e. The second-order valence-electron chi connectivity index (χ2n) is 24.1. The first-order valence-corrected chi connectivity index (χ1v) is 38.1. The highest BCUT2D eigenvalue weighted by molar-refractivity contribution is 8.15. The van der Waals surface area contributed by atoms with Gasteiger partial charge in [-0.05, 0) is 88.4 Å². The minimum Gasteiger partial charge on any atom is -0.507 e. The van der Waals surface area contributed by atoms with Gasteiger partial charge in [0, 0.05) is 51.5 Å². The van der Waals surface area contributed by atoms with Crippen LogP contribution in [0.15, 0.2) is 92.8 Å². The van der Waals surface area contributed by atoms with Crippen LogP contribution in [0, 0.1) is 0 Å². The van der Waals surface area contributed by atoms with E-state index in [4.69, 9.17) is 75.8 Å². The fourth-order valence-electron chi connectivity index (χ4n) is 8.94. The number of rotatable bonds is 48. The molecule has 0 fully saturated rings. The molecule has 108 heavy (non-hydrogen) atoms. The Hall–Kier alpha value is -7.24. The zero-order chi connectivity index (χ0) is 78.8. The maximum atomic E-state index is 11.4. The van der Waals surface area contributed by atoms with Crippen molar-refractivity contribution in [1.29, 1.82) is 0 Å². The normalized spacial score (nSPS) is 19.1. The van der Waals surface area contributed by atoms with E-state index in [0.29, 0.717) is 234 Å². The molecule has 0 aromatic heterocycles. The quantitative estimate of drug-likeness (QED) is 0.0203. The fourth-order valence-corrected chi connectivity index (χ4v) is 13.8. The van der Waals surface area contributed by atoms with Crippen LogP contribution in [0.2, 0.25) is 0 Å². The molecule has 0 amide bonds. The van der Waals surface area contributed by atoms with Gasteiger partial charge < -0.3 is 117 Å². The molecule has 4 aromatic carbocycles. The van der Waals surface area contributed by atoms with Gasteiger partial charge in [0.1, 0.15) is 92.6 Å². The molecule has 0 saturated carbocycles. The molecule has 4 aliphatic rings. The molecule has 4 atom stereocenters. The smallest absolute Gasteiger partial charge is 0.332 e. The largest absolute Gasteiger partial charge is 0.507 e. The number of methoxy groups -OCH3 is 4. The molecule has 4 aliphatic heterocycles. The molecular formula is C72H100N4O28S4. The molecule has 0 saturated heterocycles. The number of carboxylic acids is 4. The molecule has 0 unspecified atom stereocenters. The van der Waals surface area contributed by atoms with Crippen molar-refractivity contribution in [3.05, 3.63) is 95.1 Å².